The summed E-state index contributed by atoms with van der Waals surface area (Å²) < 4.78 is 5.49. The lowest BCUT2D eigenvalue weighted by molar-refractivity contribution is 0.0932. The van der Waals surface area contributed by atoms with Crippen LogP contribution < -0.4 is 10.1 Å². The normalized spacial score (nSPS) is 13.2. The molecule has 1 atom stereocenters. The molecule has 0 saturated carbocycles. The Labute approximate surface area is 110 Å². The fourth-order valence-corrected chi connectivity index (χ4v) is 1.90. The van der Waals surface area contributed by atoms with Crippen LogP contribution in [-0.2, 0) is 0 Å². The van der Waals surface area contributed by atoms with Crippen molar-refractivity contribution in [3.63, 3.8) is 0 Å². The van der Waals surface area contributed by atoms with Gasteiger partial charge in [0, 0.05) is 5.54 Å². The van der Waals surface area contributed by atoms with Crippen LogP contribution in [0.3, 0.4) is 0 Å². The molecule has 18 heavy (non-hydrogen) atoms. The second kappa shape index (κ2) is 6.01. The molecule has 1 rings (SSSR count). The predicted octanol–water partition coefficient (Wildman–Crippen LogP) is 3.04. The molecule has 0 fully saturated rings. The van der Waals surface area contributed by atoms with Gasteiger partial charge in [-0.05, 0) is 46.8 Å². The molecule has 1 aromatic carbocycles. The molecule has 0 aliphatic carbocycles. The molecule has 0 heterocycles. The van der Waals surface area contributed by atoms with Crippen molar-refractivity contribution >= 4 is 5.78 Å². The Morgan fingerprint density at radius 2 is 1.94 bits per heavy atom. The third-order valence-electron chi connectivity index (χ3n) is 2.50. The minimum absolute atomic E-state index is 0.0639. The Balaban J connectivity index is 2.89. The molecule has 1 unspecified atom stereocenters. The minimum atomic E-state index is -0.230. The Kier molecular flexibility index (Phi) is 4.91. The smallest absolute Gasteiger partial charge is 0.183 e. The number of hydrogen-bond donors (Lipinski definition) is 1. The summed E-state index contributed by atoms with van der Waals surface area (Å²) in [6, 6.07) is 7.16. The Morgan fingerprint density at radius 1 is 1.33 bits per heavy atom. The molecular formula is C15H23NO2. The molecule has 0 aromatic heterocycles. The van der Waals surface area contributed by atoms with Crippen LogP contribution in [-0.4, -0.2) is 24.0 Å². The summed E-state index contributed by atoms with van der Waals surface area (Å²) in [5, 5.41) is 3.28. The lowest BCUT2D eigenvalue weighted by atomic mass is 10.0. The largest absolute Gasteiger partial charge is 0.493 e. The summed E-state index contributed by atoms with van der Waals surface area (Å²) in [5.74, 6) is 0.724. The van der Waals surface area contributed by atoms with Crippen LogP contribution >= 0.6 is 0 Å². The molecule has 0 aliphatic heterocycles. The molecule has 1 N–H and O–H groups in total. The van der Waals surface area contributed by atoms with Crippen molar-refractivity contribution < 1.29 is 9.53 Å². The number of para-hydroxylation sites is 1. The van der Waals surface area contributed by atoms with Gasteiger partial charge in [-0.1, -0.05) is 12.1 Å². The van der Waals surface area contributed by atoms with Crippen LogP contribution in [0.4, 0.5) is 0 Å². The number of carbonyl (C=O) groups is 1. The van der Waals surface area contributed by atoms with Gasteiger partial charge in [-0.2, -0.15) is 0 Å². The fourth-order valence-electron chi connectivity index (χ4n) is 1.90. The van der Waals surface area contributed by atoms with Crippen molar-refractivity contribution in [3.8, 4) is 5.75 Å². The standard InChI is InChI=1S/C15H23NO2/c1-6-18-13-10-8-7-9-12(13)14(17)11(2)16-15(3,4)5/h7-11,16H,6H2,1-5H3. The lowest BCUT2D eigenvalue weighted by Crippen LogP contribution is -2.46. The Bertz CT molecular complexity index is 407. The van der Waals surface area contributed by atoms with Gasteiger partial charge in [0.25, 0.3) is 0 Å². The first kappa shape index (κ1) is 14.7. The average Bonchev–Trinajstić information content (AvgIpc) is 2.27. The second-order valence-electron chi connectivity index (χ2n) is 5.41. The third kappa shape index (κ3) is 4.15. The second-order valence-corrected chi connectivity index (χ2v) is 5.41. The van der Waals surface area contributed by atoms with Crippen LogP contribution in [0.1, 0.15) is 45.0 Å². The van der Waals surface area contributed by atoms with Crippen LogP contribution in [0.15, 0.2) is 24.3 Å². The zero-order chi connectivity index (χ0) is 13.8. The molecule has 0 bridgehead atoms. The van der Waals surface area contributed by atoms with Gasteiger partial charge in [0.2, 0.25) is 0 Å². The maximum atomic E-state index is 12.4. The van der Waals surface area contributed by atoms with Crippen molar-refractivity contribution in [2.75, 3.05) is 6.61 Å². The van der Waals surface area contributed by atoms with Gasteiger partial charge < -0.3 is 10.1 Å². The van der Waals surface area contributed by atoms with Gasteiger partial charge in [0.1, 0.15) is 5.75 Å². The van der Waals surface area contributed by atoms with E-state index in [1.165, 1.54) is 0 Å². The first-order valence-corrected chi connectivity index (χ1v) is 6.39. The van der Waals surface area contributed by atoms with E-state index >= 15 is 0 Å². The summed E-state index contributed by atoms with van der Waals surface area (Å²) in [6.07, 6.45) is 0. The maximum Gasteiger partial charge on any atom is 0.183 e. The molecule has 100 valence electrons. The van der Waals surface area contributed by atoms with Crippen molar-refractivity contribution in [2.24, 2.45) is 0 Å². The van der Waals surface area contributed by atoms with E-state index < -0.39 is 0 Å². The highest BCUT2D eigenvalue weighted by Crippen LogP contribution is 2.20. The van der Waals surface area contributed by atoms with Gasteiger partial charge in [-0.25, -0.2) is 0 Å². The molecule has 0 amide bonds. The average molecular weight is 249 g/mol. The van der Waals surface area contributed by atoms with Crippen molar-refractivity contribution in [3.05, 3.63) is 29.8 Å². The number of rotatable bonds is 5. The number of carbonyl (C=O) groups excluding carboxylic acids is 1. The maximum absolute atomic E-state index is 12.4. The molecule has 1 aromatic rings. The molecular weight excluding hydrogens is 226 g/mol. The fraction of sp³-hybridized carbons (Fsp3) is 0.533. The summed E-state index contributed by atoms with van der Waals surface area (Å²) >= 11 is 0. The number of ketones is 1. The van der Waals surface area contributed by atoms with Crippen molar-refractivity contribution in [1.82, 2.24) is 5.32 Å². The number of nitrogens with one attached hydrogen (secondary N) is 1. The van der Waals surface area contributed by atoms with E-state index in [2.05, 4.69) is 5.32 Å². The van der Waals surface area contributed by atoms with Crippen molar-refractivity contribution in [1.29, 1.82) is 0 Å². The minimum Gasteiger partial charge on any atom is -0.493 e. The Morgan fingerprint density at radius 3 is 2.50 bits per heavy atom. The van der Waals surface area contributed by atoms with Gasteiger partial charge in [-0.15, -0.1) is 0 Å². The Hall–Kier alpha value is -1.35. The highest BCUT2D eigenvalue weighted by molar-refractivity contribution is 6.02. The summed E-state index contributed by atoms with van der Waals surface area (Å²) in [6.45, 7) is 10.5. The first-order chi connectivity index (χ1) is 8.35. The van der Waals surface area contributed by atoms with Gasteiger partial charge >= 0.3 is 0 Å². The SMILES string of the molecule is CCOc1ccccc1C(=O)C(C)NC(C)(C)C. The van der Waals surface area contributed by atoms with E-state index in [-0.39, 0.29) is 17.4 Å². The first-order valence-electron chi connectivity index (χ1n) is 6.39. The number of benzene rings is 1. The topological polar surface area (TPSA) is 38.3 Å². The van der Waals surface area contributed by atoms with Crippen molar-refractivity contribution in [2.45, 2.75) is 46.2 Å². The van der Waals surface area contributed by atoms with Crippen LogP contribution in [0, 0.1) is 0 Å². The highest BCUT2D eigenvalue weighted by atomic mass is 16.5. The van der Waals surface area contributed by atoms with Gasteiger partial charge in [-0.3, -0.25) is 4.79 Å². The summed E-state index contributed by atoms with van der Waals surface area (Å²) in [4.78, 5) is 12.4. The van der Waals surface area contributed by atoms with Crippen LogP contribution in [0.2, 0.25) is 0 Å². The van der Waals surface area contributed by atoms with E-state index in [1.807, 2.05) is 58.9 Å². The predicted molar refractivity (Wildman–Crippen MR) is 74.3 cm³/mol. The van der Waals surface area contributed by atoms with E-state index in [0.717, 1.165) is 0 Å². The van der Waals surface area contributed by atoms with E-state index in [9.17, 15) is 4.79 Å². The third-order valence-corrected chi connectivity index (χ3v) is 2.50. The zero-order valence-electron chi connectivity index (χ0n) is 11.9. The number of ether oxygens (including phenoxy) is 1. The lowest BCUT2D eigenvalue weighted by Gasteiger charge is -2.25. The van der Waals surface area contributed by atoms with E-state index in [4.69, 9.17) is 4.74 Å². The zero-order valence-corrected chi connectivity index (χ0v) is 11.9. The number of Topliss-reactive ketones (excluding diaryl/α,β-unsaturated/α-hetero) is 1. The van der Waals surface area contributed by atoms with E-state index in [0.29, 0.717) is 17.9 Å². The molecule has 3 heteroatoms. The molecule has 0 spiro atoms. The summed E-state index contributed by atoms with van der Waals surface area (Å²) in [7, 11) is 0. The molecule has 3 nitrogen and oxygen atoms in total. The van der Waals surface area contributed by atoms with Gasteiger partial charge in [0.05, 0.1) is 18.2 Å². The molecule has 0 aliphatic rings. The van der Waals surface area contributed by atoms with Crippen LogP contribution in [0.5, 0.6) is 5.75 Å². The monoisotopic (exact) mass is 249 g/mol. The quantitative estimate of drug-likeness (QED) is 0.815. The van der Waals surface area contributed by atoms with E-state index in [1.54, 1.807) is 0 Å². The summed E-state index contributed by atoms with van der Waals surface area (Å²) in [5.41, 5.74) is 0.555. The highest BCUT2D eigenvalue weighted by Gasteiger charge is 2.22. The van der Waals surface area contributed by atoms with Crippen LogP contribution in [0.25, 0.3) is 0 Å². The number of hydrogen-bond acceptors (Lipinski definition) is 3. The molecule has 0 radical (unpaired) electrons. The van der Waals surface area contributed by atoms with Gasteiger partial charge in [0.15, 0.2) is 5.78 Å². The molecule has 0 saturated heterocycles.